The predicted molar refractivity (Wildman–Crippen MR) is 21.1 cm³/mol. The fourth-order valence-electron chi connectivity index (χ4n) is 0. The van der Waals surface area contributed by atoms with Gasteiger partial charge in [-0.3, -0.25) is 0 Å². The number of carbonyl (C=O) groups is 1. The van der Waals surface area contributed by atoms with Crippen LogP contribution in [0.2, 0.25) is 0 Å². The van der Waals surface area contributed by atoms with E-state index >= 15 is 0 Å². The van der Waals surface area contributed by atoms with Gasteiger partial charge in [-0.05, 0) is 0 Å². The molecule has 0 aromatic carbocycles. The molecule has 0 aromatic heterocycles. The zero-order valence-electron chi connectivity index (χ0n) is 4.85. The second kappa shape index (κ2) is 8.96. The smallest absolute Gasteiger partial charge is 1.00 e. The molecule has 0 aliphatic rings. The molecule has 0 spiro atoms. The summed E-state index contributed by atoms with van der Waals surface area (Å²) >= 11 is 0. The largest absolute Gasteiger partial charge is 2.00 e. The Balaban J connectivity index is -0.0000000150. The number of hydrogen-bond acceptors (Lipinski definition) is 2. The standard InChI is InChI=1S/C2H4O2.Ba.2H/c3-1-2-4;;;/h1,4H,2H2;;;/q;+2;2*-1. The van der Waals surface area contributed by atoms with E-state index in [1.54, 1.807) is 0 Å². The van der Waals surface area contributed by atoms with E-state index in [1.807, 2.05) is 0 Å². The van der Waals surface area contributed by atoms with Crippen molar-refractivity contribution in [1.29, 1.82) is 0 Å². The first-order valence-electron chi connectivity index (χ1n) is 0.960. The van der Waals surface area contributed by atoms with Crippen LogP contribution < -0.4 is 0 Å². The second-order valence-electron chi connectivity index (χ2n) is 0.349. The van der Waals surface area contributed by atoms with Crippen molar-refractivity contribution < 1.29 is 12.8 Å². The molecular weight excluding hydrogens is 193 g/mol. The summed E-state index contributed by atoms with van der Waals surface area (Å²) in [6, 6.07) is 0. The van der Waals surface area contributed by atoms with Gasteiger partial charge in [0, 0.05) is 0 Å². The van der Waals surface area contributed by atoms with Crippen LogP contribution >= 0.6 is 0 Å². The van der Waals surface area contributed by atoms with Gasteiger partial charge in [-0.25, -0.2) is 0 Å². The summed E-state index contributed by atoms with van der Waals surface area (Å²) in [4.78, 5) is 8.92. The van der Waals surface area contributed by atoms with Crippen LogP contribution in [0.4, 0.5) is 0 Å². The minimum Gasteiger partial charge on any atom is -1.00 e. The number of aldehydes is 1. The van der Waals surface area contributed by atoms with Crippen LogP contribution in [0.1, 0.15) is 2.85 Å². The molecule has 28 valence electrons. The molecule has 2 nitrogen and oxygen atoms in total. The summed E-state index contributed by atoms with van der Waals surface area (Å²) in [6.07, 6.45) is 0.431. The van der Waals surface area contributed by atoms with E-state index in [9.17, 15) is 0 Å². The van der Waals surface area contributed by atoms with E-state index in [2.05, 4.69) is 0 Å². The van der Waals surface area contributed by atoms with Crippen molar-refractivity contribution >= 4 is 55.2 Å². The topological polar surface area (TPSA) is 37.3 Å². The molecular formula is C2H6BaO2. The summed E-state index contributed by atoms with van der Waals surface area (Å²) in [5.41, 5.74) is 0. The quantitative estimate of drug-likeness (QED) is 0.435. The van der Waals surface area contributed by atoms with Gasteiger partial charge in [0.25, 0.3) is 0 Å². The van der Waals surface area contributed by atoms with Crippen LogP contribution in [0, 0.1) is 0 Å². The molecule has 0 saturated carbocycles. The van der Waals surface area contributed by atoms with Crippen LogP contribution in [0.5, 0.6) is 0 Å². The van der Waals surface area contributed by atoms with Crippen LogP contribution in [0.3, 0.4) is 0 Å². The molecule has 5 heavy (non-hydrogen) atoms. The van der Waals surface area contributed by atoms with Gasteiger partial charge in [0.05, 0.1) is 6.61 Å². The maximum absolute atomic E-state index is 8.92. The van der Waals surface area contributed by atoms with E-state index in [4.69, 9.17) is 9.90 Å². The molecule has 1 N–H and O–H groups in total. The normalized spacial score (nSPS) is 5.00. The molecule has 3 heteroatoms. The van der Waals surface area contributed by atoms with E-state index in [0.29, 0.717) is 6.29 Å². The van der Waals surface area contributed by atoms with Crippen LogP contribution in [-0.2, 0) is 4.79 Å². The summed E-state index contributed by atoms with van der Waals surface area (Å²) in [5.74, 6) is 0. The van der Waals surface area contributed by atoms with Gasteiger partial charge in [0.1, 0.15) is 6.29 Å². The maximum atomic E-state index is 8.92. The van der Waals surface area contributed by atoms with Gasteiger partial charge in [-0.1, -0.05) is 0 Å². The van der Waals surface area contributed by atoms with Crippen molar-refractivity contribution in [2.45, 2.75) is 0 Å². The molecule has 0 amide bonds. The first kappa shape index (κ1) is 9.50. The molecule has 0 heterocycles. The monoisotopic (exact) mass is 200 g/mol. The van der Waals surface area contributed by atoms with Gasteiger partial charge in [0.15, 0.2) is 0 Å². The summed E-state index contributed by atoms with van der Waals surface area (Å²) in [6.45, 7) is -0.361. The van der Waals surface area contributed by atoms with Crippen molar-refractivity contribution in [3.63, 3.8) is 0 Å². The average Bonchev–Trinajstić information content (AvgIpc) is 1.37. The van der Waals surface area contributed by atoms with Gasteiger partial charge in [-0.15, -0.1) is 0 Å². The third-order valence-corrected chi connectivity index (χ3v) is 0.0745. The fourth-order valence-corrected chi connectivity index (χ4v) is 0. The summed E-state index contributed by atoms with van der Waals surface area (Å²) in [5, 5.41) is 7.51. The molecule has 0 aromatic rings. The molecule has 0 saturated heterocycles. The second-order valence-corrected chi connectivity index (χ2v) is 0.349. The number of aliphatic hydroxyl groups excluding tert-OH is 1. The first-order chi connectivity index (χ1) is 1.91. The van der Waals surface area contributed by atoms with Crippen molar-refractivity contribution in [3.8, 4) is 0 Å². The molecule has 0 rings (SSSR count). The Labute approximate surface area is 73.6 Å². The minimum atomic E-state index is -0.361. The Morgan fingerprint density at radius 1 is 2.00 bits per heavy atom. The Kier molecular flexibility index (Phi) is 17.0. The molecule has 0 fully saturated rings. The fraction of sp³-hybridized carbons (Fsp3) is 0.500. The zero-order valence-corrected chi connectivity index (χ0v) is 7.29. The van der Waals surface area contributed by atoms with Gasteiger partial charge in [0.2, 0.25) is 0 Å². The SMILES string of the molecule is O=CCO.[Ba+2].[H-].[H-]. The van der Waals surface area contributed by atoms with E-state index in [1.165, 1.54) is 0 Å². The van der Waals surface area contributed by atoms with Crippen molar-refractivity contribution in [2.24, 2.45) is 0 Å². The van der Waals surface area contributed by atoms with Crippen molar-refractivity contribution in [3.05, 3.63) is 0 Å². The van der Waals surface area contributed by atoms with E-state index in [-0.39, 0.29) is 58.3 Å². The molecule has 0 radical (unpaired) electrons. The molecule has 0 aliphatic carbocycles. The average molecular weight is 199 g/mol. The van der Waals surface area contributed by atoms with Crippen LogP contribution in [-0.4, -0.2) is 66.9 Å². The number of carbonyl (C=O) groups excluding carboxylic acids is 1. The number of rotatable bonds is 1. The zero-order chi connectivity index (χ0) is 3.41. The van der Waals surface area contributed by atoms with Crippen molar-refractivity contribution in [1.82, 2.24) is 0 Å². The molecule has 0 unspecified atom stereocenters. The maximum Gasteiger partial charge on any atom is 2.00 e. The molecule has 0 aliphatic heterocycles. The van der Waals surface area contributed by atoms with Crippen molar-refractivity contribution in [2.75, 3.05) is 6.61 Å². The third-order valence-electron chi connectivity index (χ3n) is 0.0745. The number of aliphatic hydroxyl groups is 1. The first-order valence-corrected chi connectivity index (χ1v) is 0.960. The van der Waals surface area contributed by atoms with Gasteiger partial charge < -0.3 is 12.8 Å². The number of hydrogen-bond donors (Lipinski definition) is 1. The molecule has 0 atom stereocenters. The van der Waals surface area contributed by atoms with E-state index < -0.39 is 0 Å². The summed E-state index contributed by atoms with van der Waals surface area (Å²) < 4.78 is 0. The minimum absolute atomic E-state index is 0. The van der Waals surface area contributed by atoms with Crippen LogP contribution in [0.15, 0.2) is 0 Å². The Morgan fingerprint density at radius 3 is 2.20 bits per heavy atom. The summed E-state index contributed by atoms with van der Waals surface area (Å²) in [7, 11) is 0. The van der Waals surface area contributed by atoms with Crippen LogP contribution in [0.25, 0.3) is 0 Å². The Bertz CT molecular complexity index is 27.7. The Hall–Kier alpha value is 1.20. The molecule has 0 bridgehead atoms. The Morgan fingerprint density at radius 2 is 2.20 bits per heavy atom. The third kappa shape index (κ3) is 11.0. The predicted octanol–water partition coefficient (Wildman–Crippen LogP) is -0.978. The van der Waals surface area contributed by atoms with E-state index in [0.717, 1.165) is 0 Å². The van der Waals surface area contributed by atoms with Gasteiger partial charge in [-0.2, -0.15) is 0 Å². The van der Waals surface area contributed by atoms with Gasteiger partial charge >= 0.3 is 48.9 Å².